The molecular weight excluding hydrogens is 323 g/mol. The molecule has 1 aromatic heterocycles. The van der Waals surface area contributed by atoms with Gasteiger partial charge in [-0.1, -0.05) is 41.0 Å². The van der Waals surface area contributed by atoms with E-state index in [2.05, 4.69) is 20.5 Å². The van der Waals surface area contributed by atoms with Crippen molar-refractivity contribution in [3.63, 3.8) is 0 Å². The van der Waals surface area contributed by atoms with Crippen LogP contribution in [0.15, 0.2) is 23.4 Å². The molecule has 0 fully saturated rings. The van der Waals surface area contributed by atoms with E-state index in [9.17, 15) is 4.79 Å². The number of para-hydroxylation sites is 1. The van der Waals surface area contributed by atoms with Crippen LogP contribution in [0, 0.1) is 0 Å². The van der Waals surface area contributed by atoms with Gasteiger partial charge in [0.05, 0.1) is 10.0 Å². The highest BCUT2D eigenvalue weighted by Gasteiger charge is 2.11. The molecule has 0 spiro atoms. The Morgan fingerprint density at radius 3 is 2.75 bits per heavy atom. The number of hydrogen-bond donors (Lipinski definition) is 2. The van der Waals surface area contributed by atoms with Crippen LogP contribution in [-0.4, -0.2) is 34.0 Å². The van der Waals surface area contributed by atoms with Gasteiger partial charge in [-0.3, -0.25) is 10.1 Å². The summed E-state index contributed by atoms with van der Waals surface area (Å²) in [5, 5.41) is 10.2. The summed E-state index contributed by atoms with van der Waals surface area (Å²) in [6.07, 6.45) is 1.83. The third-order valence-corrected chi connectivity index (χ3v) is 3.31. The van der Waals surface area contributed by atoms with Gasteiger partial charge in [-0.05, 0) is 18.4 Å². The molecule has 0 bridgehead atoms. The number of halogens is 2. The van der Waals surface area contributed by atoms with Crippen LogP contribution in [-0.2, 0) is 4.79 Å². The molecule has 0 saturated carbocycles. The quantitative estimate of drug-likeness (QED) is 0.823. The van der Waals surface area contributed by atoms with Crippen LogP contribution >= 0.6 is 35.0 Å². The van der Waals surface area contributed by atoms with E-state index in [1.54, 1.807) is 18.2 Å². The number of benzene rings is 1. The fourth-order valence-corrected chi connectivity index (χ4v) is 2.15. The zero-order valence-electron chi connectivity index (χ0n) is 10.3. The summed E-state index contributed by atoms with van der Waals surface area (Å²) in [6, 6.07) is 4.94. The van der Waals surface area contributed by atoms with Crippen molar-refractivity contribution < 1.29 is 9.53 Å². The summed E-state index contributed by atoms with van der Waals surface area (Å²) >= 11 is 13.2. The van der Waals surface area contributed by atoms with Gasteiger partial charge in [0.2, 0.25) is 11.1 Å². The van der Waals surface area contributed by atoms with E-state index in [-0.39, 0.29) is 18.3 Å². The van der Waals surface area contributed by atoms with Gasteiger partial charge in [-0.2, -0.15) is 4.98 Å². The van der Waals surface area contributed by atoms with Crippen molar-refractivity contribution in [2.24, 2.45) is 0 Å². The minimum absolute atomic E-state index is 0.237. The minimum Gasteiger partial charge on any atom is -0.481 e. The first-order valence-corrected chi connectivity index (χ1v) is 7.41. The lowest BCUT2D eigenvalue weighted by Gasteiger charge is -2.08. The van der Waals surface area contributed by atoms with E-state index < -0.39 is 5.91 Å². The first-order valence-electron chi connectivity index (χ1n) is 5.43. The van der Waals surface area contributed by atoms with Crippen LogP contribution in [0.1, 0.15) is 0 Å². The zero-order chi connectivity index (χ0) is 14.5. The molecule has 0 aliphatic heterocycles. The number of thioether (sulfide) groups is 1. The fourth-order valence-electron chi connectivity index (χ4n) is 1.32. The topological polar surface area (TPSA) is 79.9 Å². The Bertz CT molecular complexity index is 600. The lowest BCUT2D eigenvalue weighted by Crippen LogP contribution is -2.21. The normalized spacial score (nSPS) is 10.3. The van der Waals surface area contributed by atoms with Crippen LogP contribution in [0.5, 0.6) is 5.75 Å². The molecule has 6 nitrogen and oxygen atoms in total. The molecule has 2 rings (SSSR count). The van der Waals surface area contributed by atoms with E-state index in [0.29, 0.717) is 15.2 Å². The highest BCUT2D eigenvalue weighted by atomic mass is 35.5. The molecule has 2 N–H and O–H groups in total. The van der Waals surface area contributed by atoms with Crippen LogP contribution in [0.4, 0.5) is 5.95 Å². The Balaban J connectivity index is 1.92. The second-order valence-corrected chi connectivity index (χ2v) is 5.15. The molecule has 0 saturated heterocycles. The van der Waals surface area contributed by atoms with Gasteiger partial charge in [0.15, 0.2) is 12.4 Å². The largest absolute Gasteiger partial charge is 0.481 e. The number of carbonyl (C=O) groups excluding carboxylic acids is 1. The summed E-state index contributed by atoms with van der Waals surface area (Å²) in [5.74, 6) is 0.131. The number of anilines is 1. The number of nitrogens with zero attached hydrogens (tertiary/aromatic N) is 2. The number of nitrogens with one attached hydrogen (secondary N) is 2. The van der Waals surface area contributed by atoms with Gasteiger partial charge in [-0.25, -0.2) is 5.10 Å². The number of amides is 1. The molecule has 106 valence electrons. The molecule has 20 heavy (non-hydrogen) atoms. The van der Waals surface area contributed by atoms with Crippen molar-refractivity contribution in [2.45, 2.75) is 5.16 Å². The Morgan fingerprint density at radius 2 is 2.15 bits per heavy atom. The minimum atomic E-state index is -0.398. The van der Waals surface area contributed by atoms with Gasteiger partial charge in [-0.15, -0.1) is 5.10 Å². The molecule has 0 aliphatic rings. The molecule has 0 atom stereocenters. The predicted molar refractivity (Wildman–Crippen MR) is 78.8 cm³/mol. The molecule has 9 heteroatoms. The van der Waals surface area contributed by atoms with Crippen molar-refractivity contribution in [1.29, 1.82) is 0 Å². The molecule has 0 aliphatic carbocycles. The second-order valence-electron chi connectivity index (χ2n) is 3.56. The SMILES string of the molecule is CSc1n[nH]c(NC(=O)COc2c(Cl)cccc2Cl)n1. The summed E-state index contributed by atoms with van der Waals surface area (Å²) in [5.41, 5.74) is 0. The first-order chi connectivity index (χ1) is 9.60. The van der Waals surface area contributed by atoms with Crippen molar-refractivity contribution in [2.75, 3.05) is 18.2 Å². The maximum absolute atomic E-state index is 11.7. The number of rotatable bonds is 5. The summed E-state index contributed by atoms with van der Waals surface area (Å²) in [7, 11) is 0. The third kappa shape index (κ3) is 3.78. The van der Waals surface area contributed by atoms with Gasteiger partial charge < -0.3 is 4.74 Å². The van der Waals surface area contributed by atoms with Crippen LogP contribution in [0.2, 0.25) is 10.0 Å². The van der Waals surface area contributed by atoms with E-state index in [0.717, 1.165) is 0 Å². The maximum atomic E-state index is 11.7. The second kappa shape index (κ2) is 6.83. The number of aromatic amines is 1. The fraction of sp³-hybridized carbons (Fsp3) is 0.182. The highest BCUT2D eigenvalue weighted by molar-refractivity contribution is 7.98. The van der Waals surface area contributed by atoms with Gasteiger partial charge in [0, 0.05) is 0 Å². The van der Waals surface area contributed by atoms with Crippen LogP contribution < -0.4 is 10.1 Å². The predicted octanol–water partition coefficient (Wildman–Crippen LogP) is 2.85. The zero-order valence-corrected chi connectivity index (χ0v) is 12.6. The number of ether oxygens (including phenoxy) is 1. The number of carbonyl (C=O) groups is 1. The lowest BCUT2D eigenvalue weighted by molar-refractivity contribution is -0.118. The van der Waals surface area contributed by atoms with Gasteiger partial charge >= 0.3 is 0 Å². The number of aromatic nitrogens is 3. The summed E-state index contributed by atoms with van der Waals surface area (Å²) in [6.45, 7) is -0.237. The van der Waals surface area contributed by atoms with E-state index in [4.69, 9.17) is 27.9 Å². The molecular formula is C11H10Cl2N4O2S. The van der Waals surface area contributed by atoms with E-state index in [1.165, 1.54) is 11.8 Å². The van der Waals surface area contributed by atoms with Gasteiger partial charge in [0.25, 0.3) is 5.91 Å². The smallest absolute Gasteiger partial charge is 0.264 e. The molecule has 0 unspecified atom stereocenters. The van der Waals surface area contributed by atoms with E-state index >= 15 is 0 Å². The maximum Gasteiger partial charge on any atom is 0.264 e. The summed E-state index contributed by atoms with van der Waals surface area (Å²) in [4.78, 5) is 15.7. The third-order valence-electron chi connectivity index (χ3n) is 2.17. The molecule has 1 heterocycles. The van der Waals surface area contributed by atoms with Crippen molar-refractivity contribution in [3.05, 3.63) is 28.2 Å². The van der Waals surface area contributed by atoms with Crippen molar-refractivity contribution in [3.8, 4) is 5.75 Å². The lowest BCUT2D eigenvalue weighted by atomic mass is 10.3. The number of H-pyrrole nitrogens is 1. The van der Waals surface area contributed by atoms with E-state index in [1.807, 2.05) is 6.26 Å². The molecule has 1 amide bonds. The standard InChI is InChI=1S/C11H10Cl2N4O2S/c1-20-11-15-10(16-17-11)14-8(18)5-19-9-6(12)3-2-4-7(9)13/h2-4H,5H2,1H3,(H2,14,15,16,17,18). The average molecular weight is 333 g/mol. The number of hydrogen-bond acceptors (Lipinski definition) is 5. The Morgan fingerprint density at radius 1 is 1.45 bits per heavy atom. The molecule has 1 aromatic carbocycles. The molecule has 2 aromatic rings. The van der Waals surface area contributed by atoms with Crippen molar-refractivity contribution >= 4 is 46.8 Å². The van der Waals surface area contributed by atoms with Crippen LogP contribution in [0.3, 0.4) is 0 Å². The van der Waals surface area contributed by atoms with Crippen molar-refractivity contribution in [1.82, 2.24) is 15.2 Å². The molecule has 0 radical (unpaired) electrons. The Hall–Kier alpha value is -1.44. The summed E-state index contributed by atoms with van der Waals surface area (Å²) < 4.78 is 5.29. The first kappa shape index (κ1) is 15.0. The highest BCUT2D eigenvalue weighted by Crippen LogP contribution is 2.32. The Labute approximate surface area is 129 Å². The average Bonchev–Trinajstić information content (AvgIpc) is 2.86. The van der Waals surface area contributed by atoms with Gasteiger partial charge in [0.1, 0.15) is 0 Å². The monoisotopic (exact) mass is 332 g/mol. The Kier molecular flexibility index (Phi) is 5.11. The van der Waals surface area contributed by atoms with Crippen LogP contribution in [0.25, 0.3) is 0 Å².